The van der Waals surface area contributed by atoms with Crippen molar-refractivity contribution in [2.24, 2.45) is 0 Å². The van der Waals surface area contributed by atoms with Crippen molar-refractivity contribution in [3.8, 4) is 0 Å². The highest BCUT2D eigenvalue weighted by molar-refractivity contribution is 5.77. The fraction of sp³-hybridized carbons (Fsp3) is 0.727. The number of morpholine rings is 1. The van der Waals surface area contributed by atoms with E-state index in [1.165, 1.54) is 0 Å². The van der Waals surface area contributed by atoms with Gasteiger partial charge >= 0.3 is 0 Å². The third-order valence-electron chi connectivity index (χ3n) is 2.50. The summed E-state index contributed by atoms with van der Waals surface area (Å²) < 4.78 is 5.30. The molecule has 0 aromatic heterocycles. The first-order valence-corrected chi connectivity index (χ1v) is 5.47. The normalized spacial score (nSPS) is 21.0. The van der Waals surface area contributed by atoms with E-state index in [-0.39, 0.29) is 11.9 Å². The quantitative estimate of drug-likeness (QED) is 0.671. The van der Waals surface area contributed by atoms with Crippen molar-refractivity contribution < 1.29 is 9.53 Å². The summed E-state index contributed by atoms with van der Waals surface area (Å²) in [7, 11) is 0. The van der Waals surface area contributed by atoms with E-state index in [1.807, 2.05) is 6.92 Å². The molecule has 0 saturated carbocycles. The highest BCUT2D eigenvalue weighted by atomic mass is 16.5. The lowest BCUT2D eigenvalue weighted by Crippen LogP contribution is -2.45. The maximum Gasteiger partial charge on any atom is 0.224 e. The largest absolute Gasteiger partial charge is 0.378 e. The molecule has 4 nitrogen and oxygen atoms in total. The van der Waals surface area contributed by atoms with Crippen LogP contribution < -0.4 is 5.32 Å². The van der Waals surface area contributed by atoms with Gasteiger partial charge in [-0.2, -0.15) is 0 Å². The lowest BCUT2D eigenvalue weighted by Gasteiger charge is -2.26. The molecule has 1 atom stereocenters. The van der Waals surface area contributed by atoms with E-state index in [0.29, 0.717) is 19.6 Å². The lowest BCUT2D eigenvalue weighted by molar-refractivity contribution is -0.131. The molecule has 4 heteroatoms. The van der Waals surface area contributed by atoms with Crippen LogP contribution in [0.1, 0.15) is 13.3 Å². The smallest absolute Gasteiger partial charge is 0.224 e. The average Bonchev–Trinajstić information content (AvgIpc) is 2.27. The van der Waals surface area contributed by atoms with Crippen LogP contribution in [0.5, 0.6) is 0 Å². The monoisotopic (exact) mass is 212 g/mol. The first-order chi connectivity index (χ1) is 7.27. The summed E-state index contributed by atoms with van der Waals surface area (Å²) in [5.74, 6) is 0.167. The van der Waals surface area contributed by atoms with E-state index in [1.54, 1.807) is 11.0 Å². The maximum atomic E-state index is 11.8. The number of amides is 1. The molecule has 0 aromatic carbocycles. The van der Waals surface area contributed by atoms with Crippen LogP contribution in [0.15, 0.2) is 12.7 Å². The summed E-state index contributed by atoms with van der Waals surface area (Å²) in [6.45, 7) is 9.20. The number of nitrogens with one attached hydrogen (secondary N) is 1. The van der Waals surface area contributed by atoms with E-state index in [4.69, 9.17) is 4.74 Å². The molecule has 86 valence electrons. The Hall–Kier alpha value is -0.870. The molecule has 1 N–H and O–H groups in total. The maximum absolute atomic E-state index is 11.8. The third-order valence-corrected chi connectivity index (χ3v) is 2.50. The van der Waals surface area contributed by atoms with Crippen LogP contribution in [-0.4, -0.2) is 49.7 Å². The topological polar surface area (TPSA) is 41.6 Å². The second kappa shape index (κ2) is 6.58. The Labute approximate surface area is 91.3 Å². The number of hydrogen-bond donors (Lipinski definition) is 1. The highest BCUT2D eigenvalue weighted by Gasteiger charge is 2.19. The summed E-state index contributed by atoms with van der Waals surface area (Å²) in [5, 5.41) is 3.27. The van der Waals surface area contributed by atoms with Gasteiger partial charge < -0.3 is 15.0 Å². The average molecular weight is 212 g/mol. The van der Waals surface area contributed by atoms with Gasteiger partial charge in [-0.25, -0.2) is 0 Å². The van der Waals surface area contributed by atoms with Crippen LogP contribution >= 0.6 is 0 Å². The minimum Gasteiger partial charge on any atom is -0.378 e. The second-order valence-corrected chi connectivity index (χ2v) is 3.65. The van der Waals surface area contributed by atoms with Crippen LogP contribution in [0.4, 0.5) is 0 Å². The van der Waals surface area contributed by atoms with Gasteiger partial charge in [0.1, 0.15) is 0 Å². The fourth-order valence-corrected chi connectivity index (χ4v) is 1.65. The molecule has 0 aliphatic carbocycles. The SMILES string of the molecule is C=CCN(CC)C(=O)CC1COCCN1. The molecule has 1 rings (SSSR count). The van der Waals surface area contributed by atoms with Gasteiger partial charge in [-0.1, -0.05) is 6.08 Å². The number of carbonyl (C=O) groups is 1. The Bertz CT molecular complexity index is 213. The Balaban J connectivity index is 2.34. The summed E-state index contributed by atoms with van der Waals surface area (Å²) in [6.07, 6.45) is 2.27. The van der Waals surface area contributed by atoms with Crippen LogP contribution in [-0.2, 0) is 9.53 Å². The summed E-state index contributed by atoms with van der Waals surface area (Å²) in [5.41, 5.74) is 0. The lowest BCUT2D eigenvalue weighted by atomic mass is 10.2. The van der Waals surface area contributed by atoms with Crippen molar-refractivity contribution in [2.45, 2.75) is 19.4 Å². The van der Waals surface area contributed by atoms with E-state index < -0.39 is 0 Å². The van der Waals surface area contributed by atoms with Crippen molar-refractivity contribution in [1.29, 1.82) is 0 Å². The van der Waals surface area contributed by atoms with Crippen molar-refractivity contribution in [1.82, 2.24) is 10.2 Å². The van der Waals surface area contributed by atoms with Crippen LogP contribution in [0.3, 0.4) is 0 Å². The second-order valence-electron chi connectivity index (χ2n) is 3.65. The number of likely N-dealkylation sites (N-methyl/N-ethyl adjacent to an activating group) is 1. The van der Waals surface area contributed by atoms with Crippen LogP contribution in [0, 0.1) is 0 Å². The van der Waals surface area contributed by atoms with E-state index >= 15 is 0 Å². The standard InChI is InChI=1S/C11H20N2O2/c1-3-6-13(4-2)11(14)8-10-9-15-7-5-12-10/h3,10,12H,1,4-9H2,2H3. The van der Waals surface area contributed by atoms with Crippen LogP contribution in [0.25, 0.3) is 0 Å². The molecule has 0 bridgehead atoms. The molecule has 1 amide bonds. The van der Waals surface area contributed by atoms with E-state index in [0.717, 1.165) is 19.7 Å². The van der Waals surface area contributed by atoms with E-state index in [9.17, 15) is 4.79 Å². The Morgan fingerprint density at radius 2 is 2.53 bits per heavy atom. The Kier molecular flexibility index (Phi) is 5.36. The van der Waals surface area contributed by atoms with Gasteiger partial charge in [-0.3, -0.25) is 4.79 Å². The minimum atomic E-state index is 0.167. The molecule has 1 fully saturated rings. The number of carbonyl (C=O) groups excluding carboxylic acids is 1. The zero-order valence-electron chi connectivity index (χ0n) is 9.37. The van der Waals surface area contributed by atoms with Gasteiger partial charge in [0.2, 0.25) is 5.91 Å². The first kappa shape index (κ1) is 12.2. The number of rotatable bonds is 5. The molecule has 0 spiro atoms. The zero-order chi connectivity index (χ0) is 11.1. The predicted molar refractivity (Wildman–Crippen MR) is 59.7 cm³/mol. The molecular weight excluding hydrogens is 192 g/mol. The number of ether oxygens (including phenoxy) is 1. The van der Waals surface area contributed by atoms with Crippen molar-refractivity contribution in [3.05, 3.63) is 12.7 Å². The molecule has 1 saturated heterocycles. The Morgan fingerprint density at radius 3 is 3.07 bits per heavy atom. The van der Waals surface area contributed by atoms with Gasteiger partial charge in [0.05, 0.1) is 13.2 Å². The van der Waals surface area contributed by atoms with Gasteiger partial charge in [0, 0.05) is 32.1 Å². The highest BCUT2D eigenvalue weighted by Crippen LogP contribution is 2.02. The fourth-order valence-electron chi connectivity index (χ4n) is 1.65. The van der Waals surface area contributed by atoms with Crippen LogP contribution in [0.2, 0.25) is 0 Å². The molecule has 15 heavy (non-hydrogen) atoms. The van der Waals surface area contributed by atoms with Gasteiger partial charge in [0.25, 0.3) is 0 Å². The molecule has 1 aliphatic heterocycles. The first-order valence-electron chi connectivity index (χ1n) is 5.47. The van der Waals surface area contributed by atoms with Gasteiger partial charge in [-0.05, 0) is 6.92 Å². The zero-order valence-corrected chi connectivity index (χ0v) is 9.37. The van der Waals surface area contributed by atoms with Crippen molar-refractivity contribution in [2.75, 3.05) is 32.8 Å². The minimum absolute atomic E-state index is 0.167. The van der Waals surface area contributed by atoms with E-state index in [2.05, 4.69) is 11.9 Å². The molecular formula is C11H20N2O2. The third kappa shape index (κ3) is 4.01. The van der Waals surface area contributed by atoms with Gasteiger partial charge in [-0.15, -0.1) is 6.58 Å². The molecule has 1 heterocycles. The predicted octanol–water partition coefficient (Wildman–Crippen LogP) is 0.399. The summed E-state index contributed by atoms with van der Waals surface area (Å²) in [4.78, 5) is 13.6. The van der Waals surface area contributed by atoms with Crippen molar-refractivity contribution in [3.63, 3.8) is 0 Å². The Morgan fingerprint density at radius 1 is 1.73 bits per heavy atom. The number of hydrogen-bond acceptors (Lipinski definition) is 3. The summed E-state index contributed by atoms with van der Waals surface area (Å²) in [6, 6.07) is 0.171. The number of nitrogens with zero attached hydrogens (tertiary/aromatic N) is 1. The van der Waals surface area contributed by atoms with Crippen molar-refractivity contribution >= 4 is 5.91 Å². The van der Waals surface area contributed by atoms with Gasteiger partial charge in [0.15, 0.2) is 0 Å². The molecule has 1 aliphatic rings. The summed E-state index contributed by atoms with van der Waals surface area (Å²) >= 11 is 0. The molecule has 0 aromatic rings. The molecule has 0 radical (unpaired) electrons. The molecule has 1 unspecified atom stereocenters.